The van der Waals surface area contributed by atoms with Crippen molar-refractivity contribution in [2.24, 2.45) is 23.5 Å². The molecule has 1 aromatic rings. The van der Waals surface area contributed by atoms with Crippen molar-refractivity contribution in [1.82, 2.24) is 0 Å². The number of hydrogen-bond donors (Lipinski definition) is 4. The molecule has 1 aromatic carbocycles. The van der Waals surface area contributed by atoms with Crippen LogP contribution in [0.3, 0.4) is 0 Å². The topological polar surface area (TPSA) is 131 Å². The van der Waals surface area contributed by atoms with Crippen LogP contribution in [0.25, 0.3) is 0 Å². The standard InChI is InChI=1S/C28H40F2N2O6/c1-14-10-19-13-20(23(30)25(34)22(19)29)32-27(35)16(3)9-7-8-15(2)26(38-28(31)36)18(5)12-17(4)24(33)21(11-14)37-6/h9,12-15,17,21,24,26,33-34H,7-8,10-11H2,1-6H3,(H2,31,36)(H,32,35)/b16-9+,18-12+/t14-,15+,17+,21+,24-,26-/m1/s1. The molecule has 0 aromatic heterocycles. The highest BCUT2D eigenvalue weighted by molar-refractivity contribution is 6.03. The Labute approximate surface area is 222 Å². The first kappa shape index (κ1) is 31.2. The van der Waals surface area contributed by atoms with Crippen molar-refractivity contribution in [2.75, 3.05) is 12.4 Å². The highest BCUT2D eigenvalue weighted by Crippen LogP contribution is 2.33. The summed E-state index contributed by atoms with van der Waals surface area (Å²) in [6.07, 6.45) is 1.75. The molecule has 212 valence electrons. The molecule has 0 fully saturated rings. The molecular weight excluding hydrogens is 498 g/mol. The number of phenolic OH excluding ortho intramolecular Hbond substituents is 1. The third-order valence-electron chi connectivity index (χ3n) is 7.09. The zero-order chi connectivity index (χ0) is 28.7. The summed E-state index contributed by atoms with van der Waals surface area (Å²) in [6.45, 7) is 8.87. The van der Waals surface area contributed by atoms with E-state index in [0.717, 1.165) is 0 Å². The fourth-order valence-electron chi connectivity index (χ4n) is 4.90. The van der Waals surface area contributed by atoms with E-state index in [-0.39, 0.29) is 35.4 Å². The van der Waals surface area contributed by atoms with Crippen LogP contribution in [0.1, 0.15) is 59.4 Å². The van der Waals surface area contributed by atoms with E-state index in [1.54, 1.807) is 19.9 Å². The van der Waals surface area contributed by atoms with Crippen LogP contribution in [-0.2, 0) is 20.7 Å². The number of methoxy groups -OCH3 is 1. The lowest BCUT2D eigenvalue weighted by atomic mass is 9.87. The van der Waals surface area contributed by atoms with E-state index in [0.29, 0.717) is 30.4 Å². The Morgan fingerprint density at radius 1 is 1.18 bits per heavy atom. The number of allylic oxidation sites excluding steroid dienone is 1. The van der Waals surface area contributed by atoms with E-state index < -0.39 is 47.7 Å². The van der Waals surface area contributed by atoms with E-state index in [1.165, 1.54) is 13.2 Å². The van der Waals surface area contributed by atoms with Gasteiger partial charge in [-0.3, -0.25) is 4.79 Å². The summed E-state index contributed by atoms with van der Waals surface area (Å²) in [5.41, 5.74) is 6.03. The highest BCUT2D eigenvalue weighted by atomic mass is 19.1. The molecule has 38 heavy (non-hydrogen) atoms. The number of anilines is 1. The Bertz CT molecular complexity index is 1070. The third-order valence-corrected chi connectivity index (χ3v) is 7.09. The summed E-state index contributed by atoms with van der Waals surface area (Å²) < 4.78 is 40.3. The molecule has 0 spiro atoms. The Balaban J connectivity index is 2.52. The Hall–Kier alpha value is -2.98. The van der Waals surface area contributed by atoms with E-state index >= 15 is 0 Å². The number of rotatable bonds is 2. The summed E-state index contributed by atoms with van der Waals surface area (Å²) in [4.78, 5) is 24.3. The quantitative estimate of drug-likeness (QED) is 0.393. The minimum absolute atomic E-state index is 0.0275. The molecule has 0 aliphatic carbocycles. The van der Waals surface area contributed by atoms with Crippen LogP contribution in [0.2, 0.25) is 0 Å². The van der Waals surface area contributed by atoms with Gasteiger partial charge < -0.3 is 30.7 Å². The summed E-state index contributed by atoms with van der Waals surface area (Å²) in [5.74, 6) is -4.93. The Kier molecular flexibility index (Phi) is 11.3. The van der Waals surface area contributed by atoms with Gasteiger partial charge in [0, 0.05) is 18.6 Å². The molecule has 0 radical (unpaired) electrons. The fourth-order valence-corrected chi connectivity index (χ4v) is 4.90. The average molecular weight is 539 g/mol. The molecule has 8 nitrogen and oxygen atoms in total. The summed E-state index contributed by atoms with van der Waals surface area (Å²) in [6, 6.07) is 1.18. The number of amides is 2. The highest BCUT2D eigenvalue weighted by Gasteiger charge is 2.29. The largest absolute Gasteiger partial charge is 0.503 e. The number of aliphatic hydroxyl groups is 1. The molecule has 1 aliphatic heterocycles. The van der Waals surface area contributed by atoms with Gasteiger partial charge in [-0.05, 0) is 68.6 Å². The molecule has 2 amide bonds. The zero-order valence-corrected chi connectivity index (χ0v) is 22.9. The molecule has 1 aliphatic rings. The van der Waals surface area contributed by atoms with Crippen molar-refractivity contribution in [3.63, 3.8) is 0 Å². The fraction of sp³-hybridized carbons (Fsp3) is 0.571. The van der Waals surface area contributed by atoms with Crippen LogP contribution in [-0.4, -0.2) is 47.6 Å². The number of phenols is 1. The van der Waals surface area contributed by atoms with Gasteiger partial charge in [-0.25, -0.2) is 13.6 Å². The van der Waals surface area contributed by atoms with Crippen molar-refractivity contribution in [2.45, 2.75) is 78.6 Å². The first-order valence-electron chi connectivity index (χ1n) is 12.8. The van der Waals surface area contributed by atoms with Gasteiger partial charge in [0.25, 0.3) is 5.91 Å². The van der Waals surface area contributed by atoms with Crippen LogP contribution >= 0.6 is 0 Å². The first-order chi connectivity index (χ1) is 17.8. The van der Waals surface area contributed by atoms with E-state index in [1.807, 2.05) is 26.8 Å². The number of benzene rings is 1. The summed E-state index contributed by atoms with van der Waals surface area (Å²) >= 11 is 0. The average Bonchev–Trinajstić information content (AvgIpc) is 2.85. The van der Waals surface area contributed by atoms with E-state index in [2.05, 4.69) is 5.32 Å². The number of fused-ring (bicyclic) bond motifs is 2. The molecule has 2 rings (SSSR count). The maximum Gasteiger partial charge on any atom is 0.405 e. The van der Waals surface area contributed by atoms with Gasteiger partial charge in [-0.2, -0.15) is 0 Å². The van der Waals surface area contributed by atoms with Crippen LogP contribution in [0.5, 0.6) is 5.75 Å². The number of aliphatic hydroxyl groups excluding tert-OH is 1. The maximum absolute atomic E-state index is 14.7. The van der Waals surface area contributed by atoms with Crippen LogP contribution < -0.4 is 11.1 Å². The van der Waals surface area contributed by atoms with Crippen molar-refractivity contribution in [3.05, 3.63) is 46.6 Å². The lowest BCUT2D eigenvalue weighted by Crippen LogP contribution is -2.35. The number of hydrogen-bond acceptors (Lipinski definition) is 6. The number of carbonyl (C=O) groups excluding carboxylic acids is 2. The first-order valence-corrected chi connectivity index (χ1v) is 12.8. The smallest absolute Gasteiger partial charge is 0.405 e. The Morgan fingerprint density at radius 2 is 1.84 bits per heavy atom. The van der Waals surface area contributed by atoms with Gasteiger partial charge >= 0.3 is 6.09 Å². The molecule has 0 unspecified atom stereocenters. The Morgan fingerprint density at radius 3 is 2.45 bits per heavy atom. The van der Waals surface area contributed by atoms with Gasteiger partial charge in [0.15, 0.2) is 17.4 Å². The normalized spacial score (nSPS) is 30.9. The van der Waals surface area contributed by atoms with Crippen LogP contribution in [0, 0.1) is 29.4 Å². The summed E-state index contributed by atoms with van der Waals surface area (Å²) in [7, 11) is 1.47. The number of primary amides is 1. The summed E-state index contributed by atoms with van der Waals surface area (Å²) in [5, 5.41) is 23.5. The van der Waals surface area contributed by atoms with E-state index in [4.69, 9.17) is 15.2 Å². The molecule has 5 N–H and O–H groups in total. The van der Waals surface area contributed by atoms with Crippen LogP contribution in [0.15, 0.2) is 29.4 Å². The second kappa shape index (κ2) is 13.7. The number of halogens is 2. The molecule has 6 atom stereocenters. The maximum atomic E-state index is 14.7. The monoisotopic (exact) mass is 538 g/mol. The minimum atomic E-state index is -1.26. The molecule has 0 saturated heterocycles. The number of nitrogens with two attached hydrogens (primary N) is 1. The zero-order valence-electron chi connectivity index (χ0n) is 22.9. The predicted molar refractivity (Wildman–Crippen MR) is 140 cm³/mol. The molecule has 1 heterocycles. The second-order valence-electron chi connectivity index (χ2n) is 10.4. The predicted octanol–water partition coefficient (Wildman–Crippen LogP) is 4.98. The van der Waals surface area contributed by atoms with Gasteiger partial charge in [0.2, 0.25) is 0 Å². The lowest BCUT2D eigenvalue weighted by molar-refractivity contribution is -0.112. The van der Waals surface area contributed by atoms with Crippen molar-refractivity contribution in [1.29, 1.82) is 0 Å². The van der Waals surface area contributed by atoms with Gasteiger partial charge in [-0.1, -0.05) is 32.9 Å². The van der Waals surface area contributed by atoms with Gasteiger partial charge in [0.1, 0.15) is 6.10 Å². The van der Waals surface area contributed by atoms with Crippen molar-refractivity contribution < 1.29 is 38.1 Å². The molecular formula is C28H40F2N2O6. The van der Waals surface area contributed by atoms with Crippen molar-refractivity contribution >= 4 is 17.7 Å². The van der Waals surface area contributed by atoms with E-state index in [9.17, 15) is 28.6 Å². The molecule has 2 bridgehead atoms. The number of aromatic hydroxyl groups is 1. The SMILES string of the molecule is CO[C@H]1C[C@H](C)Cc2cc(c(F)c(O)c2F)NC(=O)/C(C)=C/CC[C@H](C)[C@@H](OC(N)=O)/C(C)=C/[C@H](C)[C@H]1O. The lowest BCUT2D eigenvalue weighted by Gasteiger charge is -2.29. The van der Waals surface area contributed by atoms with Crippen molar-refractivity contribution in [3.8, 4) is 5.75 Å². The number of carbonyl (C=O) groups is 2. The van der Waals surface area contributed by atoms with Gasteiger partial charge in [-0.15, -0.1) is 0 Å². The number of ether oxygens (including phenoxy) is 2. The molecule has 0 saturated carbocycles. The third kappa shape index (κ3) is 8.01. The number of nitrogens with one attached hydrogen (secondary N) is 1. The minimum Gasteiger partial charge on any atom is -0.503 e. The van der Waals surface area contributed by atoms with Gasteiger partial charge in [0.05, 0.1) is 17.9 Å². The van der Waals surface area contributed by atoms with Crippen LogP contribution in [0.4, 0.5) is 19.3 Å². The molecule has 10 heteroatoms. The second-order valence-corrected chi connectivity index (χ2v) is 10.4.